The molecule has 8 heteroatoms. The Morgan fingerprint density at radius 3 is 1.40 bits per heavy atom. The summed E-state index contributed by atoms with van der Waals surface area (Å²) in [4.78, 5) is 0. The minimum atomic E-state index is 0.556. The third-order valence-corrected chi connectivity index (χ3v) is 6.32. The molecule has 0 unspecified atom stereocenters. The number of H-pyrrole nitrogens is 2. The van der Waals surface area contributed by atoms with E-state index in [0.717, 1.165) is 68.0 Å². The summed E-state index contributed by atoms with van der Waals surface area (Å²) in [5, 5.41) is 15.5. The standard InChI is InChI=1S/C32H34N4O4/c1-5-37-23-12-14-25(31(17-23)39-7-3)29-19-27(33-35-29)21-10-9-11-22(16-21)28-20-30(36-34-28)26-15-13-24(38-6-2)18-32(26)40-8-4/h9-20H,5-8H2,1-4H3,(H,33,35)(H,34,36). The van der Waals surface area contributed by atoms with Crippen molar-refractivity contribution in [3.05, 3.63) is 72.8 Å². The van der Waals surface area contributed by atoms with Gasteiger partial charge in [-0.3, -0.25) is 10.2 Å². The van der Waals surface area contributed by atoms with Gasteiger partial charge in [0.25, 0.3) is 0 Å². The third kappa shape index (κ3) is 5.81. The molecule has 2 N–H and O–H groups in total. The van der Waals surface area contributed by atoms with Gasteiger partial charge < -0.3 is 18.9 Å². The molecular formula is C32H34N4O4. The molecule has 0 radical (unpaired) electrons. The third-order valence-electron chi connectivity index (χ3n) is 6.32. The molecule has 8 nitrogen and oxygen atoms in total. The van der Waals surface area contributed by atoms with Crippen molar-refractivity contribution in [2.75, 3.05) is 26.4 Å². The van der Waals surface area contributed by atoms with E-state index in [4.69, 9.17) is 18.9 Å². The highest BCUT2D eigenvalue weighted by Gasteiger charge is 2.15. The first-order valence-electron chi connectivity index (χ1n) is 13.6. The fourth-order valence-corrected chi connectivity index (χ4v) is 4.57. The molecule has 0 bridgehead atoms. The summed E-state index contributed by atoms with van der Waals surface area (Å²) in [5.74, 6) is 3.06. The quantitative estimate of drug-likeness (QED) is 0.172. The van der Waals surface area contributed by atoms with Gasteiger partial charge in [0.05, 0.1) is 49.2 Å². The van der Waals surface area contributed by atoms with E-state index in [1.807, 2.05) is 94.4 Å². The molecule has 2 heterocycles. The molecule has 3 aromatic carbocycles. The van der Waals surface area contributed by atoms with Crippen LogP contribution in [0.2, 0.25) is 0 Å². The van der Waals surface area contributed by atoms with E-state index in [0.29, 0.717) is 26.4 Å². The zero-order valence-corrected chi connectivity index (χ0v) is 23.3. The number of aromatic nitrogens is 4. The van der Waals surface area contributed by atoms with Gasteiger partial charge in [-0.2, -0.15) is 10.2 Å². The molecule has 0 fully saturated rings. The summed E-state index contributed by atoms with van der Waals surface area (Å²) in [7, 11) is 0. The molecular weight excluding hydrogens is 504 g/mol. The minimum absolute atomic E-state index is 0.556. The lowest BCUT2D eigenvalue weighted by atomic mass is 10.0. The van der Waals surface area contributed by atoms with E-state index in [9.17, 15) is 0 Å². The van der Waals surface area contributed by atoms with E-state index >= 15 is 0 Å². The SMILES string of the molecule is CCOc1ccc(-c2cc(-c3cccc(-c4cc(-c5ccc(OCC)cc5OCC)[nH]n4)c3)n[nH]2)c(OCC)c1. The van der Waals surface area contributed by atoms with Gasteiger partial charge in [0, 0.05) is 34.4 Å². The van der Waals surface area contributed by atoms with Gasteiger partial charge in [-0.05, 0) is 70.2 Å². The van der Waals surface area contributed by atoms with E-state index in [2.05, 4.69) is 26.5 Å². The lowest BCUT2D eigenvalue weighted by Gasteiger charge is -2.11. The normalized spacial score (nSPS) is 10.9. The molecule has 5 rings (SSSR count). The van der Waals surface area contributed by atoms with Gasteiger partial charge in [-0.25, -0.2) is 0 Å². The van der Waals surface area contributed by atoms with Crippen LogP contribution in [-0.2, 0) is 0 Å². The first-order valence-corrected chi connectivity index (χ1v) is 13.6. The van der Waals surface area contributed by atoms with Gasteiger partial charge >= 0.3 is 0 Å². The van der Waals surface area contributed by atoms with Gasteiger partial charge in [-0.15, -0.1) is 0 Å². The van der Waals surface area contributed by atoms with Gasteiger partial charge in [0.1, 0.15) is 23.0 Å². The average molecular weight is 539 g/mol. The Morgan fingerprint density at radius 2 is 0.975 bits per heavy atom. The van der Waals surface area contributed by atoms with E-state index in [-0.39, 0.29) is 0 Å². The van der Waals surface area contributed by atoms with Crippen molar-refractivity contribution < 1.29 is 18.9 Å². The molecule has 5 aromatic rings. The predicted octanol–water partition coefficient (Wildman–Crippen LogP) is 7.40. The Balaban J connectivity index is 1.42. The topological polar surface area (TPSA) is 94.3 Å². The van der Waals surface area contributed by atoms with Crippen molar-refractivity contribution in [1.29, 1.82) is 0 Å². The van der Waals surface area contributed by atoms with E-state index < -0.39 is 0 Å². The maximum absolute atomic E-state index is 5.90. The number of hydrogen-bond acceptors (Lipinski definition) is 6. The molecule has 206 valence electrons. The Bertz CT molecular complexity index is 1460. The van der Waals surface area contributed by atoms with Crippen LogP contribution in [0.1, 0.15) is 27.7 Å². The first-order chi connectivity index (χ1) is 19.6. The van der Waals surface area contributed by atoms with Gasteiger partial charge in [-0.1, -0.05) is 18.2 Å². The molecule has 2 aromatic heterocycles. The molecule has 0 aliphatic carbocycles. The van der Waals surface area contributed by atoms with Crippen LogP contribution in [0.3, 0.4) is 0 Å². The number of nitrogens with zero attached hydrogens (tertiary/aromatic N) is 2. The lowest BCUT2D eigenvalue weighted by molar-refractivity contribution is 0.323. The van der Waals surface area contributed by atoms with Crippen LogP contribution in [0.4, 0.5) is 0 Å². The van der Waals surface area contributed by atoms with Crippen LogP contribution in [0.5, 0.6) is 23.0 Å². The Labute approximate surface area is 234 Å². The maximum atomic E-state index is 5.90. The number of ether oxygens (including phenoxy) is 4. The van der Waals surface area contributed by atoms with E-state index in [1.54, 1.807) is 0 Å². The number of benzene rings is 3. The Morgan fingerprint density at radius 1 is 0.525 bits per heavy atom. The van der Waals surface area contributed by atoms with Crippen LogP contribution in [0.25, 0.3) is 45.0 Å². The largest absolute Gasteiger partial charge is 0.494 e. The highest BCUT2D eigenvalue weighted by Crippen LogP contribution is 2.36. The fraction of sp³-hybridized carbons (Fsp3) is 0.250. The summed E-state index contributed by atoms with van der Waals surface area (Å²) in [6.45, 7) is 10.2. The molecule has 0 spiro atoms. The van der Waals surface area contributed by atoms with Crippen molar-refractivity contribution in [2.45, 2.75) is 27.7 Å². The highest BCUT2D eigenvalue weighted by molar-refractivity contribution is 5.77. The highest BCUT2D eigenvalue weighted by atomic mass is 16.5. The maximum Gasteiger partial charge on any atom is 0.132 e. The van der Waals surface area contributed by atoms with Crippen molar-refractivity contribution in [3.63, 3.8) is 0 Å². The molecule has 0 saturated heterocycles. The second-order valence-corrected chi connectivity index (χ2v) is 8.96. The average Bonchev–Trinajstić information content (AvgIpc) is 3.65. The Hall–Kier alpha value is -4.72. The van der Waals surface area contributed by atoms with E-state index in [1.165, 1.54) is 0 Å². The number of hydrogen-bond donors (Lipinski definition) is 2. The zero-order valence-electron chi connectivity index (χ0n) is 23.3. The zero-order chi connectivity index (χ0) is 27.9. The van der Waals surface area contributed by atoms with Crippen molar-refractivity contribution in [1.82, 2.24) is 20.4 Å². The minimum Gasteiger partial charge on any atom is -0.494 e. The van der Waals surface area contributed by atoms with Gasteiger partial charge in [0.2, 0.25) is 0 Å². The van der Waals surface area contributed by atoms with Crippen LogP contribution in [0, 0.1) is 0 Å². The summed E-state index contributed by atoms with van der Waals surface area (Å²) in [6.07, 6.45) is 0. The smallest absolute Gasteiger partial charge is 0.132 e. The van der Waals surface area contributed by atoms with Gasteiger partial charge in [0.15, 0.2) is 0 Å². The molecule has 0 aliphatic rings. The summed E-state index contributed by atoms with van der Waals surface area (Å²) < 4.78 is 23.1. The number of aromatic amines is 2. The fourth-order valence-electron chi connectivity index (χ4n) is 4.57. The monoisotopic (exact) mass is 538 g/mol. The van der Waals surface area contributed by atoms with Crippen molar-refractivity contribution in [2.24, 2.45) is 0 Å². The molecule has 0 aliphatic heterocycles. The second-order valence-electron chi connectivity index (χ2n) is 8.96. The van der Waals surface area contributed by atoms with Crippen molar-refractivity contribution in [3.8, 4) is 68.0 Å². The molecule has 40 heavy (non-hydrogen) atoms. The second kappa shape index (κ2) is 12.4. The number of rotatable bonds is 12. The van der Waals surface area contributed by atoms with Crippen LogP contribution < -0.4 is 18.9 Å². The molecule has 0 atom stereocenters. The Kier molecular flexibility index (Phi) is 8.35. The van der Waals surface area contributed by atoms with Crippen LogP contribution in [0.15, 0.2) is 72.8 Å². The first kappa shape index (κ1) is 26.9. The lowest BCUT2D eigenvalue weighted by Crippen LogP contribution is -1.97. The molecule has 0 saturated carbocycles. The molecule has 0 amide bonds. The van der Waals surface area contributed by atoms with Crippen molar-refractivity contribution >= 4 is 0 Å². The summed E-state index contributed by atoms with van der Waals surface area (Å²) in [5.41, 5.74) is 7.20. The summed E-state index contributed by atoms with van der Waals surface area (Å²) in [6, 6.07) is 23.9. The number of nitrogens with one attached hydrogen (secondary N) is 2. The van der Waals surface area contributed by atoms with Crippen LogP contribution in [-0.4, -0.2) is 46.8 Å². The summed E-state index contributed by atoms with van der Waals surface area (Å²) >= 11 is 0. The van der Waals surface area contributed by atoms with Crippen LogP contribution >= 0.6 is 0 Å². The predicted molar refractivity (Wildman–Crippen MR) is 157 cm³/mol.